The van der Waals surface area contributed by atoms with Crippen molar-refractivity contribution in [1.29, 1.82) is 0 Å². The van der Waals surface area contributed by atoms with Gasteiger partial charge in [-0.05, 0) is 83.8 Å². The first-order valence-corrected chi connectivity index (χ1v) is 17.0. The van der Waals surface area contributed by atoms with Crippen LogP contribution in [0, 0.1) is 23.5 Å². The third-order valence-electron chi connectivity index (χ3n) is 10.0. The Morgan fingerprint density at radius 1 is 1.08 bits per heavy atom. The lowest BCUT2D eigenvalue weighted by Crippen LogP contribution is -2.57. The van der Waals surface area contributed by atoms with Crippen LogP contribution < -0.4 is 4.90 Å². The summed E-state index contributed by atoms with van der Waals surface area (Å²) >= 11 is 0. The van der Waals surface area contributed by atoms with Gasteiger partial charge in [0.1, 0.15) is 28.4 Å². The molecule has 2 aromatic carbocycles. The molecule has 1 amide bonds. The number of hydrogen-bond donors (Lipinski definition) is 0. The van der Waals surface area contributed by atoms with Crippen LogP contribution >= 0.6 is 0 Å². The standard InChI is InChI=1S/C38H42F2N6O2/c1-6-17-38(18-9-20-44(38)5)19-16-30-42-34-28(21-41-33(32(34)40)27-12-7-10-24-11-8-13-29(39)31(24)27)35(43-30)45-22-25-14-15-26(23-45)46(25)36(47)48-37(2,3)4/h7-8,10-13,21,25-26H,6,9,14-15,17-18,20,22-23H2,1-5H3. The van der Waals surface area contributed by atoms with Crippen LogP contribution in [0.5, 0.6) is 0 Å². The smallest absolute Gasteiger partial charge is 0.410 e. The summed E-state index contributed by atoms with van der Waals surface area (Å²) in [6.07, 6.45) is 6.87. The van der Waals surface area contributed by atoms with E-state index in [0.29, 0.717) is 40.6 Å². The molecule has 3 atom stereocenters. The van der Waals surface area contributed by atoms with Gasteiger partial charge in [-0.1, -0.05) is 49.6 Å². The zero-order chi connectivity index (χ0) is 33.8. The number of fused-ring (bicyclic) bond motifs is 4. The van der Waals surface area contributed by atoms with E-state index in [1.807, 2.05) is 25.7 Å². The van der Waals surface area contributed by atoms with Crippen molar-refractivity contribution in [1.82, 2.24) is 24.8 Å². The van der Waals surface area contributed by atoms with Crippen molar-refractivity contribution >= 4 is 33.6 Å². The van der Waals surface area contributed by atoms with E-state index in [1.54, 1.807) is 36.5 Å². The second kappa shape index (κ2) is 12.3. The quantitative estimate of drug-likeness (QED) is 0.214. The van der Waals surface area contributed by atoms with Gasteiger partial charge in [-0.15, -0.1) is 0 Å². The van der Waals surface area contributed by atoms with E-state index >= 15 is 8.78 Å². The van der Waals surface area contributed by atoms with Crippen LogP contribution in [0.1, 0.15) is 72.0 Å². The summed E-state index contributed by atoms with van der Waals surface area (Å²) in [5, 5.41) is 1.42. The number of aromatic nitrogens is 3. The third-order valence-corrected chi connectivity index (χ3v) is 10.0. The Hall–Kier alpha value is -4.36. The molecule has 0 spiro atoms. The Kier molecular flexibility index (Phi) is 8.23. The second-order valence-electron chi connectivity index (χ2n) is 14.4. The SMILES string of the molecule is CCCC1(C#Cc2nc(N3CC4CCC(C3)N4C(=O)OC(C)(C)C)c3cnc(-c4cccc5cccc(F)c45)c(F)c3n2)CCCN1C. The van der Waals surface area contributed by atoms with E-state index < -0.39 is 17.2 Å². The molecule has 0 radical (unpaired) electrons. The molecular weight excluding hydrogens is 610 g/mol. The van der Waals surface area contributed by atoms with E-state index in [4.69, 9.17) is 14.7 Å². The van der Waals surface area contributed by atoms with E-state index in [2.05, 4.69) is 40.6 Å². The molecule has 8 nitrogen and oxygen atoms in total. The summed E-state index contributed by atoms with van der Waals surface area (Å²) in [4.78, 5) is 33.7. The Balaban J connectivity index is 1.35. The van der Waals surface area contributed by atoms with Gasteiger partial charge < -0.3 is 9.64 Å². The molecule has 3 unspecified atom stereocenters. The van der Waals surface area contributed by atoms with E-state index in [9.17, 15) is 4.79 Å². The Morgan fingerprint density at radius 3 is 2.48 bits per heavy atom. The lowest BCUT2D eigenvalue weighted by Gasteiger charge is -2.42. The summed E-state index contributed by atoms with van der Waals surface area (Å²) < 4.78 is 37.7. The van der Waals surface area contributed by atoms with Gasteiger partial charge in [0.25, 0.3) is 0 Å². The summed E-state index contributed by atoms with van der Waals surface area (Å²) in [6, 6.07) is 9.91. The van der Waals surface area contributed by atoms with E-state index in [-0.39, 0.29) is 40.8 Å². The number of halogens is 2. The van der Waals surface area contributed by atoms with Crippen molar-refractivity contribution in [2.45, 2.75) is 89.4 Å². The van der Waals surface area contributed by atoms with Crippen molar-refractivity contribution in [2.24, 2.45) is 0 Å². The number of rotatable bonds is 4. The molecule has 0 N–H and O–H groups in total. The van der Waals surface area contributed by atoms with Gasteiger partial charge in [0.2, 0.25) is 5.82 Å². The van der Waals surface area contributed by atoms with Gasteiger partial charge in [0, 0.05) is 30.2 Å². The van der Waals surface area contributed by atoms with Gasteiger partial charge >= 0.3 is 6.09 Å². The molecule has 250 valence electrons. The maximum atomic E-state index is 16.8. The molecule has 3 aliphatic rings. The molecule has 3 aliphatic heterocycles. The monoisotopic (exact) mass is 652 g/mol. The number of pyridine rings is 1. The lowest BCUT2D eigenvalue weighted by molar-refractivity contribution is 0.0123. The molecule has 3 saturated heterocycles. The minimum Gasteiger partial charge on any atom is -0.444 e. The molecule has 0 saturated carbocycles. The fourth-order valence-corrected chi connectivity index (χ4v) is 7.84. The van der Waals surface area contributed by atoms with E-state index in [0.717, 1.165) is 45.1 Å². The van der Waals surface area contributed by atoms with Gasteiger partial charge in [0.05, 0.1) is 23.0 Å². The average molecular weight is 653 g/mol. The van der Waals surface area contributed by atoms with Crippen LogP contribution in [-0.2, 0) is 4.74 Å². The predicted octanol–water partition coefficient (Wildman–Crippen LogP) is 7.33. The van der Waals surface area contributed by atoms with Crippen molar-refractivity contribution < 1.29 is 18.3 Å². The normalized spacial score (nSPS) is 22.7. The molecule has 48 heavy (non-hydrogen) atoms. The van der Waals surface area contributed by atoms with Crippen molar-refractivity contribution in [2.75, 3.05) is 31.6 Å². The van der Waals surface area contributed by atoms with Gasteiger partial charge in [0.15, 0.2) is 5.82 Å². The van der Waals surface area contributed by atoms with Crippen LogP contribution in [0.25, 0.3) is 32.9 Å². The largest absolute Gasteiger partial charge is 0.444 e. The number of piperazine rings is 1. The topological polar surface area (TPSA) is 74.7 Å². The maximum Gasteiger partial charge on any atom is 0.410 e. The first-order chi connectivity index (χ1) is 23.0. The minimum absolute atomic E-state index is 0.0227. The molecule has 3 fully saturated rings. The number of carbonyl (C=O) groups is 1. The minimum atomic E-state index is -0.647. The highest BCUT2D eigenvalue weighted by Crippen LogP contribution is 2.38. The van der Waals surface area contributed by atoms with Crippen molar-refractivity contribution in [3.63, 3.8) is 0 Å². The molecule has 2 aromatic heterocycles. The fourth-order valence-electron chi connectivity index (χ4n) is 7.84. The van der Waals surface area contributed by atoms with Crippen LogP contribution in [0.2, 0.25) is 0 Å². The first kappa shape index (κ1) is 32.2. The van der Waals surface area contributed by atoms with Gasteiger partial charge in [-0.2, -0.15) is 0 Å². The molecule has 0 aliphatic carbocycles. The Morgan fingerprint density at radius 2 is 1.81 bits per heavy atom. The zero-order valence-electron chi connectivity index (χ0n) is 28.3. The fraction of sp³-hybridized carbons (Fsp3) is 0.474. The molecule has 4 aromatic rings. The number of amides is 1. The second-order valence-corrected chi connectivity index (χ2v) is 14.4. The summed E-state index contributed by atoms with van der Waals surface area (Å²) in [5.41, 5.74) is -0.409. The van der Waals surface area contributed by atoms with Crippen LogP contribution in [0.15, 0.2) is 42.6 Å². The van der Waals surface area contributed by atoms with Crippen molar-refractivity contribution in [3.05, 3.63) is 60.1 Å². The van der Waals surface area contributed by atoms with E-state index in [1.165, 1.54) is 6.07 Å². The highest BCUT2D eigenvalue weighted by atomic mass is 19.1. The summed E-state index contributed by atoms with van der Waals surface area (Å²) in [6.45, 7) is 9.75. The highest BCUT2D eigenvalue weighted by molar-refractivity contribution is 5.99. The van der Waals surface area contributed by atoms with Gasteiger partial charge in [-0.25, -0.2) is 23.5 Å². The number of ether oxygens (including phenoxy) is 1. The van der Waals surface area contributed by atoms with Crippen LogP contribution in [0.3, 0.4) is 0 Å². The number of anilines is 1. The Labute approximate surface area is 280 Å². The molecule has 7 rings (SSSR count). The van der Waals surface area contributed by atoms with Crippen LogP contribution in [-0.4, -0.2) is 80.8 Å². The molecule has 5 heterocycles. The predicted molar refractivity (Wildman–Crippen MR) is 184 cm³/mol. The molecule has 10 heteroatoms. The number of carbonyl (C=O) groups excluding carboxylic acids is 1. The first-order valence-electron chi connectivity index (χ1n) is 17.0. The molecule has 2 bridgehead atoms. The van der Waals surface area contributed by atoms with Crippen molar-refractivity contribution in [3.8, 4) is 23.1 Å². The lowest BCUT2D eigenvalue weighted by atomic mass is 9.91. The Bertz CT molecular complexity index is 1950. The number of nitrogens with zero attached hydrogens (tertiary/aromatic N) is 6. The van der Waals surface area contributed by atoms with Gasteiger partial charge in [-0.3, -0.25) is 14.8 Å². The highest BCUT2D eigenvalue weighted by Gasteiger charge is 2.45. The number of benzene rings is 2. The summed E-state index contributed by atoms with van der Waals surface area (Å²) in [5.74, 6) is 6.44. The summed E-state index contributed by atoms with van der Waals surface area (Å²) in [7, 11) is 2.10. The number of likely N-dealkylation sites (tertiary alicyclic amines) is 1. The average Bonchev–Trinajstić information content (AvgIpc) is 3.54. The molecular formula is C38H42F2N6O2. The maximum absolute atomic E-state index is 16.8. The number of hydrogen-bond acceptors (Lipinski definition) is 7. The third kappa shape index (κ3) is 5.72. The van der Waals surface area contributed by atoms with Crippen LogP contribution in [0.4, 0.5) is 19.4 Å². The zero-order valence-corrected chi connectivity index (χ0v) is 28.3.